The Balaban J connectivity index is 1.96. The zero-order valence-electron chi connectivity index (χ0n) is 19.2. The number of benzene rings is 1. The number of Topliss-reactive ketones (excluding diaryl/α,β-unsaturated/α-hetero) is 1. The van der Waals surface area contributed by atoms with Crippen LogP contribution in [-0.2, 0) is 26.9 Å². The molecule has 0 radical (unpaired) electrons. The van der Waals surface area contributed by atoms with Crippen LogP contribution in [0, 0.1) is 0 Å². The molecule has 0 amide bonds. The Labute approximate surface area is 199 Å². The van der Waals surface area contributed by atoms with Gasteiger partial charge in [-0.15, -0.1) is 0 Å². The summed E-state index contributed by atoms with van der Waals surface area (Å²) in [7, 11) is 0. The molecule has 0 heterocycles. The van der Waals surface area contributed by atoms with E-state index in [1.165, 1.54) is 44.2 Å². The molecule has 0 spiro atoms. The number of unbranched alkanes of at least 4 members (excludes halogenated alkanes) is 11. The minimum absolute atomic E-state index is 0.00953. The normalized spacial score (nSPS) is 11.6. The van der Waals surface area contributed by atoms with Gasteiger partial charge in [-0.05, 0) is 30.5 Å². The summed E-state index contributed by atoms with van der Waals surface area (Å²) in [6.45, 7) is 0.295. The fraction of sp³-hybridized carbons (Fsp3) is 0.680. The molecule has 188 valence electrons. The van der Waals surface area contributed by atoms with Gasteiger partial charge < -0.3 is 9.84 Å². The summed E-state index contributed by atoms with van der Waals surface area (Å²) in [6, 6.07) is 3.65. The summed E-state index contributed by atoms with van der Waals surface area (Å²) >= 11 is 5.61. The third kappa shape index (κ3) is 15.0. The molecule has 0 aliphatic heterocycles. The highest BCUT2D eigenvalue weighted by Crippen LogP contribution is 2.35. The number of carboxylic acid groups (broad SMARTS) is 1. The first-order valence-electron chi connectivity index (χ1n) is 11.9. The number of carbonyl (C=O) groups is 2. The first-order chi connectivity index (χ1) is 15.7. The van der Waals surface area contributed by atoms with Gasteiger partial charge in [0, 0.05) is 19.4 Å². The minimum atomic E-state index is -4.52. The molecule has 0 saturated heterocycles. The maximum Gasteiger partial charge on any atom is 0.417 e. The highest BCUT2D eigenvalue weighted by molar-refractivity contribution is 6.31. The Morgan fingerprint density at radius 3 is 1.88 bits per heavy atom. The van der Waals surface area contributed by atoms with Gasteiger partial charge in [0.2, 0.25) is 0 Å². The number of aliphatic carboxylic acids is 1. The Morgan fingerprint density at radius 1 is 0.848 bits per heavy atom. The lowest BCUT2D eigenvalue weighted by atomic mass is 10.0. The molecule has 1 N–H and O–H groups in total. The number of rotatable bonds is 19. The van der Waals surface area contributed by atoms with E-state index in [2.05, 4.69) is 0 Å². The summed E-state index contributed by atoms with van der Waals surface area (Å²) in [5.41, 5.74) is -0.541. The zero-order chi connectivity index (χ0) is 24.5. The van der Waals surface area contributed by atoms with Crippen LogP contribution in [0.1, 0.15) is 94.6 Å². The molecule has 0 fully saturated rings. The van der Waals surface area contributed by atoms with Crippen molar-refractivity contribution in [1.82, 2.24) is 0 Å². The highest BCUT2D eigenvalue weighted by atomic mass is 35.5. The van der Waals surface area contributed by atoms with Crippen LogP contribution in [0.3, 0.4) is 0 Å². The third-order valence-corrected chi connectivity index (χ3v) is 5.79. The second kappa shape index (κ2) is 16.9. The number of ketones is 1. The van der Waals surface area contributed by atoms with Gasteiger partial charge in [-0.1, -0.05) is 81.9 Å². The van der Waals surface area contributed by atoms with Gasteiger partial charge in [0.1, 0.15) is 12.4 Å². The van der Waals surface area contributed by atoms with E-state index in [-0.39, 0.29) is 23.8 Å². The first kappa shape index (κ1) is 29.4. The average Bonchev–Trinajstić information content (AvgIpc) is 2.73. The van der Waals surface area contributed by atoms with Crippen LogP contribution in [0.4, 0.5) is 13.2 Å². The standard InChI is InChI=1S/C25H36ClF3O4/c26-23-15-14-20(18-22(23)25(27,28)29)17-21(30)13-11-9-7-5-3-1-2-4-6-8-10-12-16-33-19-24(31)32/h14-15,18H,1-13,16-17,19H2,(H,31,32). The molecule has 0 aliphatic rings. The van der Waals surface area contributed by atoms with Gasteiger partial charge in [-0.2, -0.15) is 13.2 Å². The van der Waals surface area contributed by atoms with Crippen LogP contribution < -0.4 is 0 Å². The van der Waals surface area contributed by atoms with Crippen LogP contribution in [0.2, 0.25) is 5.02 Å². The number of halogens is 4. The number of hydrogen-bond donors (Lipinski definition) is 1. The predicted molar refractivity (Wildman–Crippen MR) is 124 cm³/mol. The van der Waals surface area contributed by atoms with E-state index in [9.17, 15) is 22.8 Å². The number of carboxylic acids is 1. The molecule has 0 aliphatic carbocycles. The van der Waals surface area contributed by atoms with E-state index in [4.69, 9.17) is 21.4 Å². The van der Waals surface area contributed by atoms with Crippen LogP contribution >= 0.6 is 11.6 Å². The van der Waals surface area contributed by atoms with Crippen molar-refractivity contribution in [2.24, 2.45) is 0 Å². The van der Waals surface area contributed by atoms with Crippen LogP contribution in [0.5, 0.6) is 0 Å². The van der Waals surface area contributed by atoms with Gasteiger partial charge >= 0.3 is 12.1 Å². The molecule has 1 aromatic rings. The Bertz CT molecular complexity index is 707. The van der Waals surface area contributed by atoms with E-state index in [0.717, 1.165) is 51.0 Å². The molecule has 0 aromatic heterocycles. The third-order valence-electron chi connectivity index (χ3n) is 5.46. The average molecular weight is 493 g/mol. The minimum Gasteiger partial charge on any atom is -0.480 e. The molecular weight excluding hydrogens is 457 g/mol. The van der Waals surface area contributed by atoms with Crippen molar-refractivity contribution in [3.05, 3.63) is 34.3 Å². The van der Waals surface area contributed by atoms with Crippen molar-refractivity contribution in [2.75, 3.05) is 13.2 Å². The SMILES string of the molecule is O=C(O)COCCCCCCCCCCCCCCC(=O)Cc1ccc(Cl)c(C(F)(F)F)c1. The molecule has 33 heavy (non-hydrogen) atoms. The molecule has 1 aromatic carbocycles. The van der Waals surface area contributed by atoms with E-state index >= 15 is 0 Å². The summed E-state index contributed by atoms with van der Waals surface area (Å²) in [4.78, 5) is 22.4. The van der Waals surface area contributed by atoms with E-state index in [1.807, 2.05) is 0 Å². The number of alkyl halides is 3. The molecule has 8 heteroatoms. The number of ether oxygens (including phenoxy) is 1. The van der Waals surface area contributed by atoms with Crippen molar-refractivity contribution < 1.29 is 32.6 Å². The Hall–Kier alpha value is -1.60. The van der Waals surface area contributed by atoms with Gasteiger partial charge in [-0.25, -0.2) is 4.79 Å². The Kier molecular flexibility index (Phi) is 15.1. The Morgan fingerprint density at radius 2 is 1.36 bits per heavy atom. The molecule has 1 rings (SSSR count). The summed E-state index contributed by atoms with van der Waals surface area (Å²) in [5.74, 6) is -0.970. The quantitative estimate of drug-likeness (QED) is 0.201. The number of carbonyl (C=O) groups excluding carboxylic acids is 1. The largest absolute Gasteiger partial charge is 0.480 e. The second-order valence-corrected chi connectivity index (χ2v) is 8.87. The second-order valence-electron chi connectivity index (χ2n) is 8.47. The smallest absolute Gasteiger partial charge is 0.417 e. The van der Waals surface area contributed by atoms with Crippen molar-refractivity contribution in [3.63, 3.8) is 0 Å². The zero-order valence-corrected chi connectivity index (χ0v) is 20.0. The molecule has 4 nitrogen and oxygen atoms in total. The van der Waals surface area contributed by atoms with Gasteiger partial charge in [-0.3, -0.25) is 4.79 Å². The van der Waals surface area contributed by atoms with E-state index < -0.39 is 17.7 Å². The molecule has 0 unspecified atom stereocenters. The summed E-state index contributed by atoms with van der Waals surface area (Å²) in [5, 5.41) is 8.10. The monoisotopic (exact) mass is 492 g/mol. The molecule has 0 bridgehead atoms. The topological polar surface area (TPSA) is 63.6 Å². The molecule has 0 atom stereocenters. The lowest BCUT2D eigenvalue weighted by Gasteiger charge is -2.10. The summed E-state index contributed by atoms with van der Waals surface area (Å²) in [6.07, 6.45) is 8.97. The maximum absolute atomic E-state index is 12.9. The van der Waals surface area contributed by atoms with Crippen molar-refractivity contribution in [3.8, 4) is 0 Å². The van der Waals surface area contributed by atoms with Crippen molar-refractivity contribution in [2.45, 2.75) is 96.1 Å². The fourth-order valence-electron chi connectivity index (χ4n) is 3.67. The van der Waals surface area contributed by atoms with Gasteiger partial charge in [0.15, 0.2) is 0 Å². The highest BCUT2D eigenvalue weighted by Gasteiger charge is 2.33. The van der Waals surface area contributed by atoms with Gasteiger partial charge in [0.25, 0.3) is 0 Å². The summed E-state index contributed by atoms with van der Waals surface area (Å²) < 4.78 is 43.7. The lowest BCUT2D eigenvalue weighted by molar-refractivity contribution is -0.142. The van der Waals surface area contributed by atoms with Crippen molar-refractivity contribution in [1.29, 1.82) is 0 Å². The van der Waals surface area contributed by atoms with E-state index in [0.29, 0.717) is 18.6 Å². The van der Waals surface area contributed by atoms with Crippen LogP contribution in [0.15, 0.2) is 18.2 Å². The van der Waals surface area contributed by atoms with Crippen LogP contribution in [-0.4, -0.2) is 30.1 Å². The fourth-order valence-corrected chi connectivity index (χ4v) is 3.89. The first-order valence-corrected chi connectivity index (χ1v) is 12.2. The molecule has 0 saturated carbocycles. The lowest BCUT2D eigenvalue weighted by Crippen LogP contribution is -2.08. The maximum atomic E-state index is 12.9. The number of hydrogen-bond acceptors (Lipinski definition) is 3. The predicted octanol–water partition coefficient (Wildman–Crippen LogP) is 7.64. The van der Waals surface area contributed by atoms with Gasteiger partial charge in [0.05, 0.1) is 10.6 Å². The van der Waals surface area contributed by atoms with Crippen LogP contribution in [0.25, 0.3) is 0 Å². The molecular formula is C25H36ClF3O4. The van der Waals surface area contributed by atoms with Crippen molar-refractivity contribution >= 4 is 23.4 Å². The van der Waals surface area contributed by atoms with E-state index in [1.54, 1.807) is 0 Å².